The number of hydrogen-bond donors (Lipinski definition) is 2. The van der Waals surface area contributed by atoms with Crippen LogP contribution in [0, 0.1) is 6.92 Å². The third-order valence-electron chi connectivity index (χ3n) is 4.01. The molecule has 1 saturated carbocycles. The molecule has 0 aliphatic heterocycles. The fraction of sp³-hybridized carbons (Fsp3) is 0.529. The van der Waals surface area contributed by atoms with Crippen LogP contribution >= 0.6 is 0 Å². The summed E-state index contributed by atoms with van der Waals surface area (Å²) in [7, 11) is 0. The van der Waals surface area contributed by atoms with Gasteiger partial charge in [-0.1, -0.05) is 37.8 Å². The smallest absolute Gasteiger partial charge is 0.342 e. The molecule has 120 valence electrons. The van der Waals surface area contributed by atoms with Crippen LogP contribution in [0.4, 0.5) is 0 Å². The fourth-order valence-corrected chi connectivity index (χ4v) is 2.73. The maximum atomic E-state index is 11.9. The van der Waals surface area contributed by atoms with Gasteiger partial charge in [0.15, 0.2) is 6.61 Å². The maximum absolute atomic E-state index is 11.9. The van der Waals surface area contributed by atoms with Crippen molar-refractivity contribution >= 4 is 11.9 Å². The Hall–Kier alpha value is -2.04. The average molecular weight is 305 g/mol. The molecule has 2 rings (SSSR count). The monoisotopic (exact) mass is 305 g/mol. The molecule has 5 heteroatoms. The highest BCUT2D eigenvalue weighted by Gasteiger charge is 2.18. The van der Waals surface area contributed by atoms with Crippen LogP contribution in [-0.2, 0) is 9.53 Å². The van der Waals surface area contributed by atoms with Gasteiger partial charge in [-0.05, 0) is 31.4 Å². The number of carbonyl (C=O) groups is 2. The number of aryl methyl sites for hydroxylation is 1. The Morgan fingerprint density at radius 2 is 1.91 bits per heavy atom. The van der Waals surface area contributed by atoms with Gasteiger partial charge in [0.2, 0.25) is 0 Å². The van der Waals surface area contributed by atoms with Crippen LogP contribution in [0.3, 0.4) is 0 Å². The van der Waals surface area contributed by atoms with Gasteiger partial charge in [-0.2, -0.15) is 0 Å². The van der Waals surface area contributed by atoms with Gasteiger partial charge in [0, 0.05) is 6.04 Å². The van der Waals surface area contributed by atoms with Crippen LogP contribution in [0.1, 0.15) is 54.4 Å². The van der Waals surface area contributed by atoms with Crippen molar-refractivity contribution < 1.29 is 19.4 Å². The van der Waals surface area contributed by atoms with E-state index in [1.54, 1.807) is 19.1 Å². The van der Waals surface area contributed by atoms with E-state index < -0.39 is 5.97 Å². The Morgan fingerprint density at radius 1 is 1.23 bits per heavy atom. The summed E-state index contributed by atoms with van der Waals surface area (Å²) in [4.78, 5) is 23.8. The highest BCUT2D eigenvalue weighted by molar-refractivity contribution is 5.94. The van der Waals surface area contributed by atoms with E-state index in [0.717, 1.165) is 25.7 Å². The van der Waals surface area contributed by atoms with Gasteiger partial charge in [0.05, 0.1) is 0 Å². The SMILES string of the molecule is Cc1cccc(C(=O)OCC(=O)NC2CCCCCC2)c1O. The van der Waals surface area contributed by atoms with Crippen LogP contribution in [-0.4, -0.2) is 29.6 Å². The fourth-order valence-electron chi connectivity index (χ4n) is 2.73. The Kier molecular flexibility index (Phi) is 5.81. The largest absolute Gasteiger partial charge is 0.507 e. The van der Waals surface area contributed by atoms with E-state index >= 15 is 0 Å². The lowest BCUT2D eigenvalue weighted by Gasteiger charge is -2.16. The normalized spacial score (nSPS) is 15.9. The first-order valence-electron chi connectivity index (χ1n) is 7.83. The molecular weight excluding hydrogens is 282 g/mol. The lowest BCUT2D eigenvalue weighted by atomic mass is 10.1. The molecule has 0 heterocycles. The summed E-state index contributed by atoms with van der Waals surface area (Å²) in [5.74, 6) is -1.07. The molecule has 1 fully saturated rings. The topological polar surface area (TPSA) is 75.6 Å². The van der Waals surface area contributed by atoms with Crippen molar-refractivity contribution in [3.63, 3.8) is 0 Å². The average Bonchev–Trinajstić information content (AvgIpc) is 2.76. The van der Waals surface area contributed by atoms with Gasteiger partial charge in [-0.3, -0.25) is 4.79 Å². The van der Waals surface area contributed by atoms with Crippen molar-refractivity contribution in [1.29, 1.82) is 0 Å². The zero-order valence-electron chi connectivity index (χ0n) is 12.9. The molecule has 0 atom stereocenters. The van der Waals surface area contributed by atoms with Crippen LogP contribution in [0.25, 0.3) is 0 Å². The number of aromatic hydroxyl groups is 1. The third-order valence-corrected chi connectivity index (χ3v) is 4.01. The quantitative estimate of drug-likeness (QED) is 0.662. The molecule has 1 aromatic rings. The summed E-state index contributed by atoms with van der Waals surface area (Å²) in [5.41, 5.74) is 0.680. The lowest BCUT2D eigenvalue weighted by molar-refractivity contribution is -0.125. The van der Waals surface area contributed by atoms with Gasteiger partial charge < -0.3 is 15.2 Å². The second-order valence-corrected chi connectivity index (χ2v) is 5.80. The number of carbonyl (C=O) groups excluding carboxylic acids is 2. The number of benzene rings is 1. The number of esters is 1. The minimum atomic E-state index is -0.683. The molecular formula is C17H23NO4. The molecule has 0 unspecified atom stereocenters. The van der Waals surface area contributed by atoms with Crippen LogP contribution < -0.4 is 5.32 Å². The van der Waals surface area contributed by atoms with Gasteiger partial charge in [0.1, 0.15) is 11.3 Å². The zero-order valence-corrected chi connectivity index (χ0v) is 12.9. The van der Waals surface area contributed by atoms with Crippen molar-refractivity contribution in [3.05, 3.63) is 29.3 Å². The number of para-hydroxylation sites is 1. The van der Waals surface area contributed by atoms with Crippen LogP contribution in [0.2, 0.25) is 0 Å². The Morgan fingerprint density at radius 3 is 2.59 bits per heavy atom. The molecule has 22 heavy (non-hydrogen) atoms. The predicted octanol–water partition coefficient (Wildman–Crippen LogP) is 2.70. The zero-order chi connectivity index (χ0) is 15.9. The summed E-state index contributed by atoms with van der Waals surface area (Å²) >= 11 is 0. The van der Waals surface area contributed by atoms with Crippen molar-refractivity contribution in [3.8, 4) is 5.75 Å². The van der Waals surface area contributed by atoms with Crippen molar-refractivity contribution in [2.75, 3.05) is 6.61 Å². The van der Waals surface area contributed by atoms with E-state index in [0.29, 0.717) is 5.56 Å². The van der Waals surface area contributed by atoms with E-state index in [-0.39, 0.29) is 29.9 Å². The first-order chi connectivity index (χ1) is 10.6. The van der Waals surface area contributed by atoms with E-state index in [9.17, 15) is 14.7 Å². The second-order valence-electron chi connectivity index (χ2n) is 5.80. The van der Waals surface area contributed by atoms with E-state index in [2.05, 4.69) is 5.32 Å². The Labute approximate surface area is 130 Å². The van der Waals surface area contributed by atoms with Gasteiger partial charge >= 0.3 is 5.97 Å². The number of nitrogens with one attached hydrogen (secondary N) is 1. The number of hydrogen-bond acceptors (Lipinski definition) is 4. The van der Waals surface area contributed by atoms with E-state index in [4.69, 9.17) is 4.74 Å². The number of rotatable bonds is 4. The first kappa shape index (κ1) is 16.3. The molecule has 0 bridgehead atoms. The summed E-state index contributed by atoms with van der Waals surface area (Å²) in [5, 5.41) is 12.7. The number of phenols is 1. The lowest BCUT2D eigenvalue weighted by Crippen LogP contribution is -2.37. The minimum Gasteiger partial charge on any atom is -0.507 e. The molecule has 1 aromatic carbocycles. The maximum Gasteiger partial charge on any atom is 0.342 e. The molecule has 0 spiro atoms. The highest BCUT2D eigenvalue weighted by atomic mass is 16.5. The van der Waals surface area contributed by atoms with Gasteiger partial charge in [0.25, 0.3) is 5.91 Å². The minimum absolute atomic E-state index is 0.0854. The van der Waals surface area contributed by atoms with E-state index in [1.165, 1.54) is 18.9 Å². The second kappa shape index (κ2) is 7.82. The van der Waals surface area contributed by atoms with Crippen LogP contribution in [0.5, 0.6) is 5.75 Å². The van der Waals surface area contributed by atoms with Gasteiger partial charge in [-0.15, -0.1) is 0 Å². The van der Waals surface area contributed by atoms with Gasteiger partial charge in [-0.25, -0.2) is 4.79 Å². The van der Waals surface area contributed by atoms with Crippen molar-refractivity contribution in [1.82, 2.24) is 5.32 Å². The van der Waals surface area contributed by atoms with Crippen LogP contribution in [0.15, 0.2) is 18.2 Å². The molecule has 1 aliphatic carbocycles. The number of ether oxygens (including phenoxy) is 1. The van der Waals surface area contributed by atoms with E-state index in [1.807, 2.05) is 0 Å². The number of phenolic OH excluding ortho intramolecular Hbond substituents is 1. The summed E-state index contributed by atoms with van der Waals surface area (Å²) < 4.78 is 4.99. The number of amides is 1. The summed E-state index contributed by atoms with van der Waals surface area (Å²) in [6.45, 7) is 1.38. The molecule has 1 amide bonds. The molecule has 0 radical (unpaired) electrons. The molecule has 0 saturated heterocycles. The predicted molar refractivity (Wildman–Crippen MR) is 82.8 cm³/mol. The third kappa shape index (κ3) is 4.48. The molecule has 5 nitrogen and oxygen atoms in total. The van der Waals surface area contributed by atoms with Crippen molar-refractivity contribution in [2.24, 2.45) is 0 Å². The molecule has 2 N–H and O–H groups in total. The summed E-state index contributed by atoms with van der Waals surface area (Å²) in [6.07, 6.45) is 6.66. The Balaban J connectivity index is 1.82. The molecule has 0 aromatic heterocycles. The standard InChI is InChI=1S/C17H23NO4/c1-12-7-6-10-14(16(12)20)17(21)22-11-15(19)18-13-8-4-2-3-5-9-13/h6-7,10,13,20H,2-5,8-9,11H2,1H3,(H,18,19). The van der Waals surface area contributed by atoms with Crippen molar-refractivity contribution in [2.45, 2.75) is 51.5 Å². The first-order valence-corrected chi connectivity index (χ1v) is 7.83. The Bertz CT molecular complexity index is 533. The highest BCUT2D eigenvalue weighted by Crippen LogP contribution is 2.22. The molecule has 1 aliphatic rings. The summed E-state index contributed by atoms with van der Waals surface area (Å²) in [6, 6.07) is 5.02.